The number of amides is 1. The summed E-state index contributed by atoms with van der Waals surface area (Å²) in [6.07, 6.45) is 0.903. The molecule has 158 valence electrons. The van der Waals surface area contributed by atoms with Gasteiger partial charge in [-0.25, -0.2) is 9.37 Å². The summed E-state index contributed by atoms with van der Waals surface area (Å²) in [5.74, 6) is 0.276. The van der Waals surface area contributed by atoms with E-state index in [4.69, 9.17) is 9.72 Å². The van der Waals surface area contributed by atoms with Gasteiger partial charge in [0.2, 0.25) is 5.91 Å². The Morgan fingerprint density at radius 1 is 1.10 bits per heavy atom. The Morgan fingerprint density at radius 2 is 1.77 bits per heavy atom. The Kier molecular flexibility index (Phi) is 5.60. The number of hydrogen-bond donors (Lipinski definition) is 1. The molecule has 1 N–H and O–H groups in total. The van der Waals surface area contributed by atoms with E-state index in [-0.39, 0.29) is 23.8 Å². The predicted octanol–water partition coefficient (Wildman–Crippen LogP) is 4.68. The molecule has 4 rings (SSSR count). The second-order valence-corrected chi connectivity index (χ2v) is 8.29. The molecule has 1 aliphatic heterocycles. The fraction of sp³-hybridized carbons (Fsp3) is 0.417. The van der Waals surface area contributed by atoms with Gasteiger partial charge in [0.1, 0.15) is 11.6 Å². The minimum Gasteiger partial charge on any atom is -0.381 e. The van der Waals surface area contributed by atoms with Gasteiger partial charge in [0.05, 0.1) is 22.5 Å². The maximum Gasteiger partial charge on any atom is 0.231 e. The van der Waals surface area contributed by atoms with E-state index in [0.29, 0.717) is 31.6 Å². The average Bonchev–Trinajstić information content (AvgIpc) is 3.14. The molecule has 1 aromatic heterocycles. The zero-order valence-electron chi connectivity index (χ0n) is 17.7. The fourth-order valence-corrected chi connectivity index (χ4v) is 4.50. The molecule has 30 heavy (non-hydrogen) atoms. The van der Waals surface area contributed by atoms with E-state index in [1.165, 1.54) is 6.07 Å². The van der Waals surface area contributed by atoms with Crippen LogP contribution >= 0.6 is 0 Å². The van der Waals surface area contributed by atoms with Crippen LogP contribution in [0.1, 0.15) is 57.1 Å². The van der Waals surface area contributed by atoms with Crippen molar-refractivity contribution in [1.29, 1.82) is 0 Å². The Bertz CT molecular complexity index is 1050. The van der Waals surface area contributed by atoms with Crippen molar-refractivity contribution < 1.29 is 13.9 Å². The summed E-state index contributed by atoms with van der Waals surface area (Å²) in [7, 11) is 0. The molecule has 0 radical (unpaired) electrons. The molecule has 1 fully saturated rings. The number of rotatable bonds is 5. The van der Waals surface area contributed by atoms with Crippen LogP contribution in [0, 0.1) is 5.82 Å². The molecule has 3 aromatic rings. The van der Waals surface area contributed by atoms with Crippen molar-refractivity contribution in [1.82, 2.24) is 14.9 Å². The molecule has 2 aromatic carbocycles. The number of imidazole rings is 1. The lowest BCUT2D eigenvalue weighted by Crippen LogP contribution is -2.49. The quantitative estimate of drug-likeness (QED) is 0.666. The second-order valence-electron chi connectivity index (χ2n) is 8.29. The van der Waals surface area contributed by atoms with Crippen molar-refractivity contribution in [3.05, 3.63) is 65.7 Å². The lowest BCUT2D eigenvalue weighted by Gasteiger charge is -2.37. The molecule has 0 saturated carbocycles. The minimum absolute atomic E-state index is 0.175. The van der Waals surface area contributed by atoms with Gasteiger partial charge in [0, 0.05) is 24.8 Å². The first-order chi connectivity index (χ1) is 14.4. The largest absolute Gasteiger partial charge is 0.381 e. The Morgan fingerprint density at radius 3 is 2.47 bits per heavy atom. The van der Waals surface area contributed by atoms with Crippen LogP contribution in [-0.4, -0.2) is 28.7 Å². The van der Waals surface area contributed by atoms with Gasteiger partial charge in [-0.3, -0.25) is 4.79 Å². The predicted molar refractivity (Wildman–Crippen MR) is 115 cm³/mol. The first-order valence-corrected chi connectivity index (χ1v) is 10.5. The van der Waals surface area contributed by atoms with E-state index >= 15 is 0 Å². The monoisotopic (exact) mass is 409 g/mol. The molecule has 0 aliphatic carbocycles. The Hall–Kier alpha value is -2.73. The van der Waals surface area contributed by atoms with Crippen LogP contribution in [0.5, 0.6) is 0 Å². The van der Waals surface area contributed by atoms with Crippen LogP contribution in [0.15, 0.2) is 48.5 Å². The summed E-state index contributed by atoms with van der Waals surface area (Å²) in [4.78, 5) is 18.4. The van der Waals surface area contributed by atoms with Gasteiger partial charge in [-0.1, -0.05) is 30.3 Å². The third-order valence-electron chi connectivity index (χ3n) is 6.04. The molecule has 1 aliphatic rings. The molecular formula is C24H28FN3O2. The zero-order valence-corrected chi connectivity index (χ0v) is 17.7. The van der Waals surface area contributed by atoms with E-state index < -0.39 is 5.41 Å². The first kappa shape index (κ1) is 20.5. The first-order valence-electron chi connectivity index (χ1n) is 10.5. The van der Waals surface area contributed by atoms with Crippen molar-refractivity contribution in [2.75, 3.05) is 13.2 Å². The number of para-hydroxylation sites is 2. The smallest absolute Gasteiger partial charge is 0.231 e. The highest BCUT2D eigenvalue weighted by atomic mass is 19.1. The van der Waals surface area contributed by atoms with Crippen molar-refractivity contribution in [3.63, 3.8) is 0 Å². The number of carbonyl (C=O) groups excluding carboxylic acids is 1. The van der Waals surface area contributed by atoms with Crippen LogP contribution in [0.4, 0.5) is 4.39 Å². The van der Waals surface area contributed by atoms with Gasteiger partial charge < -0.3 is 14.6 Å². The zero-order chi connectivity index (χ0) is 21.3. The van der Waals surface area contributed by atoms with Crippen LogP contribution in [0.3, 0.4) is 0 Å². The minimum atomic E-state index is -0.938. The van der Waals surface area contributed by atoms with E-state index in [0.717, 1.165) is 16.9 Å². The molecule has 0 bridgehead atoms. The van der Waals surface area contributed by atoms with Gasteiger partial charge in [-0.2, -0.15) is 0 Å². The summed E-state index contributed by atoms with van der Waals surface area (Å²) in [6, 6.07) is 14.4. The third kappa shape index (κ3) is 3.49. The number of nitrogens with zero attached hydrogens (tertiary/aromatic N) is 2. The third-order valence-corrected chi connectivity index (χ3v) is 6.04. The van der Waals surface area contributed by atoms with Crippen LogP contribution in [-0.2, 0) is 14.9 Å². The SMILES string of the molecule is CC(NC(=O)C1(c2ccccc2F)CCOCC1)c1nc2ccccc2n1C(C)C. The molecule has 2 heterocycles. The van der Waals surface area contributed by atoms with Gasteiger partial charge >= 0.3 is 0 Å². The standard InChI is InChI=1S/C24H28FN3O2/c1-16(2)28-21-11-7-6-10-20(21)27-22(28)17(3)26-23(29)24(12-14-30-15-13-24)18-8-4-5-9-19(18)25/h4-11,16-17H,12-15H2,1-3H3,(H,26,29). The Balaban J connectivity index is 1.69. The highest BCUT2D eigenvalue weighted by molar-refractivity contribution is 5.89. The highest BCUT2D eigenvalue weighted by Crippen LogP contribution is 2.37. The summed E-state index contributed by atoms with van der Waals surface area (Å²) in [5, 5.41) is 3.14. The highest BCUT2D eigenvalue weighted by Gasteiger charge is 2.44. The van der Waals surface area contributed by atoms with Gasteiger partial charge in [0.15, 0.2) is 0 Å². The van der Waals surface area contributed by atoms with E-state index in [9.17, 15) is 9.18 Å². The number of carbonyl (C=O) groups is 1. The molecule has 1 unspecified atom stereocenters. The van der Waals surface area contributed by atoms with Crippen molar-refractivity contribution >= 4 is 16.9 Å². The summed E-state index contributed by atoms with van der Waals surface area (Å²) < 4.78 is 22.4. The number of nitrogens with one attached hydrogen (secondary N) is 1. The lowest BCUT2D eigenvalue weighted by molar-refractivity contribution is -0.131. The average molecular weight is 410 g/mol. The molecular weight excluding hydrogens is 381 g/mol. The van der Waals surface area contributed by atoms with Crippen molar-refractivity contribution in [3.8, 4) is 0 Å². The molecule has 0 spiro atoms. The Labute approximate surface area is 176 Å². The van der Waals surface area contributed by atoms with E-state index in [2.05, 4.69) is 23.7 Å². The topological polar surface area (TPSA) is 56.1 Å². The molecule has 1 amide bonds. The summed E-state index contributed by atoms with van der Waals surface area (Å²) in [5.41, 5.74) is 1.44. The van der Waals surface area contributed by atoms with Gasteiger partial charge in [0.25, 0.3) is 0 Å². The molecule has 6 heteroatoms. The van der Waals surface area contributed by atoms with Crippen molar-refractivity contribution in [2.45, 2.75) is 51.1 Å². The van der Waals surface area contributed by atoms with Crippen LogP contribution in [0.2, 0.25) is 0 Å². The maximum atomic E-state index is 14.7. The number of benzene rings is 2. The fourth-order valence-electron chi connectivity index (χ4n) is 4.50. The lowest BCUT2D eigenvalue weighted by atomic mass is 9.73. The molecule has 1 atom stereocenters. The number of aromatic nitrogens is 2. The summed E-state index contributed by atoms with van der Waals surface area (Å²) >= 11 is 0. The number of halogens is 1. The second kappa shape index (κ2) is 8.19. The van der Waals surface area contributed by atoms with Crippen molar-refractivity contribution in [2.24, 2.45) is 0 Å². The number of hydrogen-bond acceptors (Lipinski definition) is 3. The van der Waals surface area contributed by atoms with Crippen LogP contribution < -0.4 is 5.32 Å². The van der Waals surface area contributed by atoms with E-state index in [1.54, 1.807) is 18.2 Å². The maximum absolute atomic E-state index is 14.7. The molecule has 5 nitrogen and oxygen atoms in total. The van der Waals surface area contributed by atoms with Gasteiger partial charge in [-0.15, -0.1) is 0 Å². The van der Waals surface area contributed by atoms with E-state index in [1.807, 2.05) is 31.2 Å². The normalized spacial score (nSPS) is 17.2. The number of fused-ring (bicyclic) bond motifs is 1. The van der Waals surface area contributed by atoms with Crippen LogP contribution in [0.25, 0.3) is 11.0 Å². The number of ether oxygens (including phenoxy) is 1. The summed E-state index contributed by atoms with van der Waals surface area (Å²) in [6.45, 7) is 7.00. The molecule has 1 saturated heterocycles. The van der Waals surface area contributed by atoms with Gasteiger partial charge in [-0.05, 0) is 51.8 Å².